The molecule has 0 radical (unpaired) electrons. The number of ketones is 1. The van der Waals surface area contributed by atoms with Gasteiger partial charge in [0.2, 0.25) is 5.12 Å². The molecule has 0 spiro atoms. The number of hydrogen-bond donors (Lipinski definition) is 0. The van der Waals surface area contributed by atoms with E-state index >= 15 is 0 Å². The number of rotatable bonds is 6. The normalized spacial score (nSPS) is 11.7. The van der Waals surface area contributed by atoms with Crippen molar-refractivity contribution < 1.29 is 9.59 Å². The summed E-state index contributed by atoms with van der Waals surface area (Å²) in [7, 11) is 0. The van der Waals surface area contributed by atoms with Gasteiger partial charge in [-0.25, -0.2) is 0 Å². The second-order valence-corrected chi connectivity index (χ2v) is 7.42. The number of Topliss-reactive ketones (excluding diaryl/α,β-unsaturated/α-hetero) is 1. The Balaban J connectivity index is 1.83. The second-order valence-electron chi connectivity index (χ2n) is 5.80. The van der Waals surface area contributed by atoms with Crippen molar-refractivity contribution in [3.63, 3.8) is 0 Å². The lowest BCUT2D eigenvalue weighted by Gasteiger charge is -2.16. The molecule has 3 rings (SSSR count). The summed E-state index contributed by atoms with van der Waals surface area (Å²) in [5, 5.41) is 0.306. The molecule has 0 bridgehead atoms. The van der Waals surface area contributed by atoms with E-state index in [1.807, 2.05) is 48.5 Å². The minimum atomic E-state index is -0.271. The molecular weight excluding hydrogens is 364 g/mol. The van der Waals surface area contributed by atoms with E-state index in [4.69, 9.17) is 11.6 Å². The van der Waals surface area contributed by atoms with Crippen molar-refractivity contribution in [3.05, 3.63) is 107 Å². The van der Waals surface area contributed by atoms with E-state index in [1.165, 1.54) is 11.8 Å². The highest BCUT2D eigenvalue weighted by molar-refractivity contribution is 8.14. The monoisotopic (exact) mass is 380 g/mol. The highest BCUT2D eigenvalue weighted by atomic mass is 35.5. The number of carbonyl (C=O) groups is 2. The van der Waals surface area contributed by atoms with E-state index in [0.29, 0.717) is 16.1 Å². The summed E-state index contributed by atoms with van der Waals surface area (Å²) in [6.07, 6.45) is 0.245. The van der Waals surface area contributed by atoms with E-state index in [0.717, 1.165) is 5.56 Å². The molecule has 130 valence electrons. The molecule has 0 aliphatic heterocycles. The van der Waals surface area contributed by atoms with Gasteiger partial charge in [0.1, 0.15) is 0 Å². The fraction of sp³-hybridized carbons (Fsp3) is 0.0909. The van der Waals surface area contributed by atoms with Crippen LogP contribution in [0.1, 0.15) is 38.0 Å². The molecule has 0 heterocycles. The fourth-order valence-electron chi connectivity index (χ4n) is 2.59. The maximum atomic E-state index is 12.7. The second kappa shape index (κ2) is 8.84. The predicted molar refractivity (Wildman–Crippen MR) is 108 cm³/mol. The average Bonchev–Trinajstić information content (AvgIpc) is 2.69. The van der Waals surface area contributed by atoms with Gasteiger partial charge in [-0.1, -0.05) is 96.2 Å². The first-order valence-electron chi connectivity index (χ1n) is 8.23. The summed E-state index contributed by atoms with van der Waals surface area (Å²) in [5.41, 5.74) is 2.19. The topological polar surface area (TPSA) is 34.1 Å². The summed E-state index contributed by atoms with van der Waals surface area (Å²) >= 11 is 7.16. The standard InChI is InChI=1S/C22H17ClO2S/c23-19-13-11-17(12-14-19)21(15-20(24)16-7-3-1-4-8-16)26-22(25)18-9-5-2-6-10-18/h1-14,21H,15H2/t21-/m0/s1. The van der Waals surface area contributed by atoms with Crippen LogP contribution in [0.2, 0.25) is 5.02 Å². The first-order chi connectivity index (χ1) is 12.6. The Morgan fingerprint density at radius 1 is 0.769 bits per heavy atom. The fourth-order valence-corrected chi connectivity index (χ4v) is 3.77. The maximum Gasteiger partial charge on any atom is 0.219 e. The van der Waals surface area contributed by atoms with Gasteiger partial charge in [0.15, 0.2) is 5.78 Å². The summed E-state index contributed by atoms with van der Waals surface area (Å²) in [6, 6.07) is 25.6. The summed E-state index contributed by atoms with van der Waals surface area (Å²) in [4.78, 5) is 25.3. The van der Waals surface area contributed by atoms with Crippen LogP contribution in [0.15, 0.2) is 84.9 Å². The first kappa shape index (κ1) is 18.4. The molecule has 0 amide bonds. The quantitative estimate of drug-likeness (QED) is 0.475. The van der Waals surface area contributed by atoms with Gasteiger partial charge in [-0.3, -0.25) is 9.59 Å². The molecule has 1 atom stereocenters. The van der Waals surface area contributed by atoms with Crippen molar-refractivity contribution >= 4 is 34.3 Å². The maximum absolute atomic E-state index is 12.7. The Bertz CT molecular complexity index is 824. The molecule has 0 unspecified atom stereocenters. The highest BCUT2D eigenvalue weighted by Gasteiger charge is 2.22. The van der Waals surface area contributed by atoms with Crippen molar-refractivity contribution in [1.29, 1.82) is 0 Å². The molecule has 2 nitrogen and oxygen atoms in total. The lowest BCUT2D eigenvalue weighted by molar-refractivity contribution is 0.0982. The van der Waals surface area contributed by atoms with Crippen LogP contribution in [0.4, 0.5) is 0 Å². The molecule has 3 aromatic rings. The first-order valence-corrected chi connectivity index (χ1v) is 9.49. The molecule has 26 heavy (non-hydrogen) atoms. The SMILES string of the molecule is O=C(C[C@H](SC(=O)c1ccccc1)c1ccc(Cl)cc1)c1ccccc1. The van der Waals surface area contributed by atoms with Crippen molar-refractivity contribution in [2.45, 2.75) is 11.7 Å². The van der Waals surface area contributed by atoms with Gasteiger partial charge >= 0.3 is 0 Å². The zero-order valence-corrected chi connectivity index (χ0v) is 15.5. The third-order valence-electron chi connectivity index (χ3n) is 3.97. The Kier molecular flexibility index (Phi) is 6.26. The Morgan fingerprint density at radius 3 is 1.88 bits per heavy atom. The van der Waals surface area contributed by atoms with Gasteiger partial charge in [-0.2, -0.15) is 0 Å². The minimum absolute atomic E-state index is 0.0129. The van der Waals surface area contributed by atoms with Crippen LogP contribution in [-0.4, -0.2) is 10.9 Å². The van der Waals surface area contributed by atoms with Crippen LogP contribution in [0.5, 0.6) is 0 Å². The van der Waals surface area contributed by atoms with Crippen molar-refractivity contribution in [3.8, 4) is 0 Å². The minimum Gasteiger partial charge on any atom is -0.294 e. The number of carbonyl (C=O) groups excluding carboxylic acids is 2. The van der Waals surface area contributed by atoms with Crippen molar-refractivity contribution in [2.75, 3.05) is 0 Å². The Labute approximate surface area is 162 Å². The number of hydrogen-bond acceptors (Lipinski definition) is 3. The molecule has 3 aromatic carbocycles. The molecule has 0 N–H and O–H groups in total. The average molecular weight is 381 g/mol. The van der Waals surface area contributed by atoms with Crippen LogP contribution < -0.4 is 0 Å². The van der Waals surface area contributed by atoms with Gasteiger partial charge in [-0.15, -0.1) is 0 Å². The van der Waals surface area contributed by atoms with Crippen LogP contribution >= 0.6 is 23.4 Å². The van der Waals surface area contributed by atoms with Crippen LogP contribution in [-0.2, 0) is 0 Å². The summed E-state index contributed by atoms with van der Waals surface area (Å²) < 4.78 is 0. The van der Waals surface area contributed by atoms with Gasteiger partial charge in [-0.05, 0) is 17.7 Å². The van der Waals surface area contributed by atoms with E-state index in [9.17, 15) is 9.59 Å². The third kappa shape index (κ3) is 4.84. The lowest BCUT2D eigenvalue weighted by Crippen LogP contribution is -2.08. The van der Waals surface area contributed by atoms with E-state index < -0.39 is 0 Å². The zero-order valence-electron chi connectivity index (χ0n) is 14.0. The smallest absolute Gasteiger partial charge is 0.219 e. The summed E-state index contributed by atoms with van der Waals surface area (Å²) in [5.74, 6) is 0.0129. The van der Waals surface area contributed by atoms with Gasteiger partial charge < -0.3 is 0 Å². The van der Waals surface area contributed by atoms with E-state index in [-0.39, 0.29) is 22.6 Å². The van der Waals surface area contributed by atoms with E-state index in [2.05, 4.69) is 0 Å². The molecule has 0 aliphatic carbocycles. The number of benzene rings is 3. The van der Waals surface area contributed by atoms with Crippen LogP contribution in [0, 0.1) is 0 Å². The number of halogens is 1. The summed E-state index contributed by atoms with van der Waals surface area (Å²) in [6.45, 7) is 0. The molecule has 4 heteroatoms. The predicted octanol–water partition coefficient (Wildman–Crippen LogP) is 6.23. The largest absolute Gasteiger partial charge is 0.294 e. The lowest BCUT2D eigenvalue weighted by atomic mass is 10.0. The molecule has 0 fully saturated rings. The molecule has 0 saturated carbocycles. The number of thioether (sulfide) groups is 1. The van der Waals surface area contributed by atoms with Crippen molar-refractivity contribution in [1.82, 2.24) is 0 Å². The van der Waals surface area contributed by atoms with Crippen molar-refractivity contribution in [2.24, 2.45) is 0 Å². The van der Waals surface area contributed by atoms with Crippen LogP contribution in [0.25, 0.3) is 0 Å². The molecule has 0 aliphatic rings. The van der Waals surface area contributed by atoms with Gasteiger partial charge in [0.05, 0.1) is 0 Å². The molecular formula is C22H17ClO2S. The van der Waals surface area contributed by atoms with E-state index in [1.54, 1.807) is 36.4 Å². The Hall–Kier alpha value is -2.36. The third-order valence-corrected chi connectivity index (χ3v) is 5.39. The highest BCUT2D eigenvalue weighted by Crippen LogP contribution is 2.36. The van der Waals surface area contributed by atoms with Crippen LogP contribution in [0.3, 0.4) is 0 Å². The van der Waals surface area contributed by atoms with Gasteiger partial charge in [0, 0.05) is 27.8 Å². The molecule has 0 aromatic heterocycles. The van der Waals surface area contributed by atoms with Gasteiger partial charge in [0.25, 0.3) is 0 Å². The molecule has 0 saturated heterocycles. The zero-order chi connectivity index (χ0) is 18.4. The Morgan fingerprint density at radius 2 is 1.31 bits per heavy atom.